The van der Waals surface area contributed by atoms with Gasteiger partial charge in [0.15, 0.2) is 0 Å². The molecule has 0 saturated heterocycles. The summed E-state index contributed by atoms with van der Waals surface area (Å²) in [6, 6.07) is 8.36. The van der Waals surface area contributed by atoms with E-state index < -0.39 is 0 Å². The Labute approximate surface area is 202 Å². The fraction of sp³-hybridized carbons (Fsp3) is 0.417. The molecule has 2 aromatic rings. The molecule has 0 unspecified atom stereocenters. The van der Waals surface area contributed by atoms with Gasteiger partial charge in [-0.2, -0.15) is 0 Å². The number of aryl methyl sites for hydroxylation is 1. The number of benzene rings is 1. The number of aromatic nitrogens is 1. The highest BCUT2D eigenvalue weighted by Crippen LogP contribution is 2.26. The van der Waals surface area contributed by atoms with Crippen LogP contribution in [0.4, 0.5) is 0 Å². The Morgan fingerprint density at radius 3 is 2.12 bits per heavy atom. The number of nitrogens with zero attached hydrogens (tertiary/aromatic N) is 1. The zero-order chi connectivity index (χ0) is 26.0. The van der Waals surface area contributed by atoms with Crippen LogP contribution in [0.2, 0.25) is 5.02 Å². The van der Waals surface area contributed by atoms with E-state index in [9.17, 15) is 9.59 Å². The minimum Gasteiger partial charge on any atom is -0.489 e. The minimum atomic E-state index is -0.360. The molecule has 33 heavy (non-hydrogen) atoms. The van der Waals surface area contributed by atoms with E-state index >= 15 is 0 Å². The Kier molecular flexibility index (Phi) is 17.9. The van der Waals surface area contributed by atoms with E-state index in [0.29, 0.717) is 21.9 Å². The van der Waals surface area contributed by atoms with E-state index in [0.717, 1.165) is 5.69 Å². The van der Waals surface area contributed by atoms with Gasteiger partial charge in [-0.15, -0.1) is 0 Å². The van der Waals surface area contributed by atoms with Crippen molar-refractivity contribution in [2.75, 3.05) is 13.6 Å². The first-order chi connectivity index (χ1) is 15.6. The normalized spacial score (nSPS) is 9.03. The van der Waals surface area contributed by atoms with Crippen LogP contribution in [0.3, 0.4) is 0 Å². The number of hydrogen-bond acceptors (Lipinski definition) is 5. The molecule has 0 aliphatic carbocycles. The highest BCUT2D eigenvalue weighted by molar-refractivity contribution is 6.32. The molecule has 0 saturated carbocycles. The summed E-state index contributed by atoms with van der Waals surface area (Å²) in [5, 5.41) is 12.3. The maximum absolute atomic E-state index is 11.8. The van der Waals surface area contributed by atoms with E-state index in [2.05, 4.69) is 15.6 Å². The second kappa shape index (κ2) is 18.4. The van der Waals surface area contributed by atoms with Crippen LogP contribution in [-0.2, 0) is 4.79 Å². The Morgan fingerprint density at radius 2 is 1.70 bits per heavy atom. The largest absolute Gasteiger partial charge is 0.489 e. The van der Waals surface area contributed by atoms with Gasteiger partial charge in [0, 0.05) is 30.1 Å². The molecular formula is C24H38ClN5O3. The topological polar surface area (TPSA) is 130 Å². The number of likely N-dealkylation sites (N-methyl/N-ethyl adjacent to an activating group) is 1. The third-order valence-corrected chi connectivity index (χ3v) is 3.76. The molecule has 0 atom stereocenters. The summed E-state index contributed by atoms with van der Waals surface area (Å²) in [6.45, 7) is 13.6. The van der Waals surface area contributed by atoms with Gasteiger partial charge in [0.25, 0.3) is 5.91 Å². The predicted molar refractivity (Wildman–Crippen MR) is 136 cm³/mol. The van der Waals surface area contributed by atoms with Gasteiger partial charge in [-0.05, 0) is 51.1 Å². The fourth-order valence-electron chi connectivity index (χ4n) is 1.97. The molecule has 2 rings (SSSR count). The van der Waals surface area contributed by atoms with Crippen molar-refractivity contribution in [3.63, 3.8) is 0 Å². The average Bonchev–Trinajstić information content (AvgIpc) is 2.81. The lowest BCUT2D eigenvalue weighted by atomic mass is 10.2. The van der Waals surface area contributed by atoms with Gasteiger partial charge < -0.3 is 21.1 Å². The fourth-order valence-corrected chi connectivity index (χ4v) is 2.19. The molecule has 8 nitrogen and oxygen atoms in total. The van der Waals surface area contributed by atoms with E-state index in [1.807, 2.05) is 54.5 Å². The van der Waals surface area contributed by atoms with E-state index in [1.165, 1.54) is 13.1 Å². The molecule has 0 bridgehead atoms. The number of nitrogens with one attached hydrogen (secondary N) is 3. The number of rotatable bonds is 6. The highest BCUT2D eigenvalue weighted by atomic mass is 35.5. The number of amidine groups is 1. The molecule has 0 aliphatic heterocycles. The Hall–Kier alpha value is -3.13. The second-order valence-electron chi connectivity index (χ2n) is 6.27. The van der Waals surface area contributed by atoms with Crippen LogP contribution in [0.5, 0.6) is 5.75 Å². The molecule has 2 amide bonds. The first-order valence-corrected chi connectivity index (χ1v) is 11.2. The van der Waals surface area contributed by atoms with Gasteiger partial charge in [0.2, 0.25) is 5.91 Å². The molecule has 0 radical (unpaired) electrons. The number of carbonyl (C=O) groups excluding carboxylic acids is 2. The van der Waals surface area contributed by atoms with Crippen molar-refractivity contribution < 1.29 is 14.3 Å². The molecular weight excluding hydrogens is 442 g/mol. The summed E-state index contributed by atoms with van der Waals surface area (Å²) in [4.78, 5) is 26.8. The van der Waals surface area contributed by atoms with Crippen molar-refractivity contribution in [1.29, 1.82) is 5.41 Å². The van der Waals surface area contributed by atoms with Crippen LogP contribution in [0.25, 0.3) is 0 Å². The molecule has 0 spiro atoms. The number of pyridine rings is 1. The molecule has 1 aromatic carbocycles. The quantitative estimate of drug-likeness (QED) is 0.362. The minimum absolute atomic E-state index is 0.00502. The predicted octanol–water partition coefficient (Wildman–Crippen LogP) is 4.33. The number of ether oxygens (including phenoxy) is 1. The number of nitrogen functional groups attached to an aromatic ring is 1. The average molecular weight is 480 g/mol. The summed E-state index contributed by atoms with van der Waals surface area (Å²) >= 11 is 6.02. The van der Waals surface area contributed by atoms with E-state index in [1.54, 1.807) is 24.4 Å². The molecule has 1 aromatic heterocycles. The number of halogens is 1. The van der Waals surface area contributed by atoms with Gasteiger partial charge >= 0.3 is 0 Å². The van der Waals surface area contributed by atoms with E-state index in [-0.39, 0.29) is 30.3 Å². The maximum atomic E-state index is 11.8. The van der Waals surface area contributed by atoms with Gasteiger partial charge in [0.05, 0.1) is 17.7 Å². The third-order valence-electron chi connectivity index (χ3n) is 3.47. The zero-order valence-corrected chi connectivity index (χ0v) is 21.6. The van der Waals surface area contributed by atoms with Crippen LogP contribution in [-0.4, -0.2) is 42.3 Å². The lowest BCUT2D eigenvalue weighted by molar-refractivity contribution is -0.119. The Morgan fingerprint density at radius 1 is 1.12 bits per heavy atom. The molecule has 0 fully saturated rings. The highest BCUT2D eigenvalue weighted by Gasteiger charge is 2.11. The van der Waals surface area contributed by atoms with E-state index in [4.69, 9.17) is 27.5 Å². The van der Waals surface area contributed by atoms with Gasteiger partial charge in [-0.3, -0.25) is 20.0 Å². The first-order valence-electron chi connectivity index (χ1n) is 10.9. The van der Waals surface area contributed by atoms with Crippen molar-refractivity contribution in [3.8, 4) is 5.75 Å². The van der Waals surface area contributed by atoms with Crippen molar-refractivity contribution in [3.05, 3.63) is 58.4 Å². The number of nitrogens with two attached hydrogens (primary N) is 1. The number of amides is 2. The van der Waals surface area contributed by atoms with Crippen molar-refractivity contribution in [2.45, 2.75) is 54.6 Å². The second-order valence-corrected chi connectivity index (χ2v) is 6.68. The van der Waals surface area contributed by atoms with Gasteiger partial charge in [0.1, 0.15) is 11.6 Å². The van der Waals surface area contributed by atoms with Crippen LogP contribution in [0.15, 0.2) is 36.5 Å². The summed E-state index contributed by atoms with van der Waals surface area (Å²) in [5.41, 5.74) is 7.19. The van der Waals surface area contributed by atoms with Crippen LogP contribution < -0.4 is 21.1 Å². The lowest BCUT2D eigenvalue weighted by Crippen LogP contribution is -2.35. The number of carbonyl (C=O) groups is 2. The summed E-state index contributed by atoms with van der Waals surface area (Å²) in [7, 11) is 1.50. The monoisotopic (exact) mass is 479 g/mol. The lowest BCUT2D eigenvalue weighted by Gasteiger charge is -2.12. The maximum Gasteiger partial charge on any atom is 0.251 e. The van der Waals surface area contributed by atoms with Gasteiger partial charge in [-0.1, -0.05) is 39.3 Å². The summed E-state index contributed by atoms with van der Waals surface area (Å²) in [6.07, 6.45) is 1.60. The van der Waals surface area contributed by atoms with Crippen LogP contribution >= 0.6 is 11.6 Å². The summed E-state index contributed by atoms with van der Waals surface area (Å²) < 4.78 is 5.47. The Bertz CT molecular complexity index is 856. The standard InChI is InChI=1S/C13H17ClN2O3.C7H9N3.2C2H6/c1-8(2)19-11-5-4-9(6-10(11)14)13(18)16-7-12(17)15-3;1-5-2-3-6(4-10-5)7(8)9;2*1-2/h4-6,8H,7H2,1-3H3,(H,15,17)(H,16,18);2-4H,1H3,(H3,8,9);2*1-2H3. The molecule has 1 heterocycles. The van der Waals surface area contributed by atoms with Crippen molar-refractivity contribution in [2.24, 2.45) is 5.73 Å². The van der Waals surface area contributed by atoms with Crippen molar-refractivity contribution in [1.82, 2.24) is 15.6 Å². The zero-order valence-electron chi connectivity index (χ0n) is 20.9. The van der Waals surface area contributed by atoms with Gasteiger partial charge in [-0.25, -0.2) is 0 Å². The van der Waals surface area contributed by atoms with Crippen LogP contribution in [0.1, 0.15) is 63.2 Å². The first kappa shape index (κ1) is 32.1. The smallest absolute Gasteiger partial charge is 0.251 e. The molecule has 0 aliphatic rings. The summed E-state index contributed by atoms with van der Waals surface area (Å²) in [5.74, 6) is -0.0344. The third kappa shape index (κ3) is 13.8. The molecule has 5 N–H and O–H groups in total. The Balaban J connectivity index is 0. The molecule has 9 heteroatoms. The van der Waals surface area contributed by atoms with Crippen molar-refractivity contribution >= 4 is 29.3 Å². The SMILES string of the molecule is CC.CC.CNC(=O)CNC(=O)c1ccc(OC(C)C)c(Cl)c1.Cc1ccc(C(=N)N)cn1. The van der Waals surface area contributed by atoms with Crippen LogP contribution in [0, 0.1) is 12.3 Å². The number of hydrogen-bond donors (Lipinski definition) is 4. The molecule has 184 valence electrons.